The minimum Gasteiger partial charge on any atom is -0.456 e. The van der Waals surface area contributed by atoms with Crippen molar-refractivity contribution in [1.82, 2.24) is 4.90 Å². The van der Waals surface area contributed by atoms with Gasteiger partial charge in [-0.2, -0.15) is 0 Å². The van der Waals surface area contributed by atoms with Gasteiger partial charge in [0.1, 0.15) is 6.54 Å². The predicted octanol–water partition coefficient (Wildman–Crippen LogP) is 2.27. The van der Waals surface area contributed by atoms with Crippen molar-refractivity contribution in [2.24, 2.45) is 0 Å². The number of hydrogen-bond donors (Lipinski definition) is 0. The summed E-state index contributed by atoms with van der Waals surface area (Å²) in [5.74, 6) is -0.337. The van der Waals surface area contributed by atoms with Crippen LogP contribution in [0, 0.1) is 0 Å². The summed E-state index contributed by atoms with van der Waals surface area (Å²) in [7, 11) is 0. The van der Waals surface area contributed by atoms with Gasteiger partial charge in [-0.05, 0) is 24.3 Å². The lowest BCUT2D eigenvalue weighted by Crippen LogP contribution is -2.31. The van der Waals surface area contributed by atoms with Crippen molar-refractivity contribution in [2.45, 2.75) is 0 Å². The number of hydrogen-bond acceptors (Lipinski definition) is 6. The highest BCUT2D eigenvalue weighted by molar-refractivity contribution is 6.10. The number of esters is 1. The predicted molar refractivity (Wildman–Crippen MR) is 94.4 cm³/mol. The van der Waals surface area contributed by atoms with Gasteiger partial charge in [0.05, 0.1) is 0 Å². The molecule has 2 heterocycles. The molecule has 7 heteroatoms. The average molecular weight is 365 g/mol. The zero-order valence-corrected chi connectivity index (χ0v) is 14.3. The molecule has 0 atom stereocenters. The van der Waals surface area contributed by atoms with E-state index in [1.807, 2.05) is 0 Å². The molecule has 0 spiro atoms. The number of ketones is 1. The van der Waals surface area contributed by atoms with Crippen LogP contribution in [0.5, 0.6) is 11.5 Å². The molecule has 0 saturated carbocycles. The van der Waals surface area contributed by atoms with Gasteiger partial charge in [0, 0.05) is 22.4 Å². The Morgan fingerprint density at radius 3 is 2.59 bits per heavy atom. The van der Waals surface area contributed by atoms with Crippen LogP contribution in [-0.4, -0.2) is 42.5 Å². The fourth-order valence-electron chi connectivity index (χ4n) is 2.98. The number of Topliss-reactive ketones (excluding diaryl/α,β-unsaturated/α-hetero) is 1. The van der Waals surface area contributed by atoms with Gasteiger partial charge < -0.3 is 14.2 Å². The molecule has 0 aliphatic carbocycles. The number of rotatable bonds is 5. The Morgan fingerprint density at radius 2 is 1.81 bits per heavy atom. The summed E-state index contributed by atoms with van der Waals surface area (Å²) < 4.78 is 15.4. The monoisotopic (exact) mass is 365 g/mol. The van der Waals surface area contributed by atoms with E-state index in [0.717, 1.165) is 0 Å². The lowest BCUT2D eigenvalue weighted by Gasteiger charge is -2.16. The quantitative estimate of drug-likeness (QED) is 0.597. The second-order valence-electron chi connectivity index (χ2n) is 6.04. The van der Waals surface area contributed by atoms with Crippen molar-refractivity contribution >= 4 is 23.4 Å². The Morgan fingerprint density at radius 1 is 1.07 bits per heavy atom. The Bertz CT molecular complexity index is 945. The van der Waals surface area contributed by atoms with E-state index in [1.54, 1.807) is 42.5 Å². The molecule has 2 aliphatic heterocycles. The molecule has 0 aromatic heterocycles. The van der Waals surface area contributed by atoms with E-state index in [1.165, 1.54) is 4.90 Å². The van der Waals surface area contributed by atoms with Gasteiger partial charge in [-0.1, -0.05) is 24.8 Å². The molecule has 2 aromatic rings. The molecular formula is C20H15NO6. The molecule has 0 bridgehead atoms. The third-order valence-corrected chi connectivity index (χ3v) is 4.39. The normalized spacial score (nSPS) is 14.3. The van der Waals surface area contributed by atoms with Crippen LogP contribution in [0.1, 0.15) is 26.3 Å². The van der Waals surface area contributed by atoms with E-state index < -0.39 is 12.6 Å². The molecule has 27 heavy (non-hydrogen) atoms. The molecule has 2 aromatic carbocycles. The Balaban J connectivity index is 1.36. The third-order valence-electron chi connectivity index (χ3n) is 4.39. The van der Waals surface area contributed by atoms with Crippen LogP contribution in [0.4, 0.5) is 0 Å². The van der Waals surface area contributed by atoms with E-state index in [0.29, 0.717) is 33.9 Å². The summed E-state index contributed by atoms with van der Waals surface area (Å²) in [6.07, 6.45) is 0. The summed E-state index contributed by atoms with van der Waals surface area (Å²) >= 11 is 0. The van der Waals surface area contributed by atoms with Crippen molar-refractivity contribution in [1.29, 1.82) is 0 Å². The smallest absolute Gasteiger partial charge is 0.326 e. The van der Waals surface area contributed by atoms with Gasteiger partial charge in [0.25, 0.3) is 5.91 Å². The SMILES string of the molecule is C=C1c2ccccc2C(=O)N1CC(=O)OCC(=O)c1ccc2c(c1)OCO2. The van der Waals surface area contributed by atoms with E-state index in [2.05, 4.69) is 6.58 Å². The van der Waals surface area contributed by atoms with Gasteiger partial charge >= 0.3 is 5.97 Å². The van der Waals surface area contributed by atoms with Gasteiger partial charge in [0.15, 0.2) is 23.9 Å². The van der Waals surface area contributed by atoms with Gasteiger partial charge in [-0.3, -0.25) is 19.3 Å². The summed E-state index contributed by atoms with van der Waals surface area (Å²) in [4.78, 5) is 38.0. The first-order chi connectivity index (χ1) is 13.0. The van der Waals surface area contributed by atoms with Crippen LogP contribution in [0.3, 0.4) is 0 Å². The Hall–Kier alpha value is -3.61. The first-order valence-corrected chi connectivity index (χ1v) is 8.23. The van der Waals surface area contributed by atoms with E-state index in [-0.39, 0.29) is 25.0 Å². The van der Waals surface area contributed by atoms with Crippen LogP contribution in [0.15, 0.2) is 49.0 Å². The first kappa shape index (κ1) is 16.8. The molecule has 4 rings (SSSR count). The van der Waals surface area contributed by atoms with Crippen LogP contribution in [0.25, 0.3) is 5.70 Å². The maximum Gasteiger partial charge on any atom is 0.326 e. The van der Waals surface area contributed by atoms with Crippen molar-refractivity contribution in [3.8, 4) is 11.5 Å². The molecule has 0 saturated heterocycles. The van der Waals surface area contributed by atoms with Crippen molar-refractivity contribution < 1.29 is 28.6 Å². The number of nitrogens with zero attached hydrogens (tertiary/aromatic N) is 1. The number of amides is 1. The summed E-state index contributed by atoms with van der Waals surface area (Å²) in [6.45, 7) is 3.23. The maximum absolute atomic E-state index is 12.4. The van der Waals surface area contributed by atoms with Gasteiger partial charge in [0.2, 0.25) is 6.79 Å². The largest absolute Gasteiger partial charge is 0.456 e. The van der Waals surface area contributed by atoms with E-state index in [4.69, 9.17) is 14.2 Å². The topological polar surface area (TPSA) is 82.1 Å². The van der Waals surface area contributed by atoms with Crippen LogP contribution < -0.4 is 9.47 Å². The third kappa shape index (κ3) is 3.03. The highest BCUT2D eigenvalue weighted by Gasteiger charge is 2.32. The van der Waals surface area contributed by atoms with Crippen LogP contribution in [-0.2, 0) is 9.53 Å². The summed E-state index contributed by atoms with van der Waals surface area (Å²) in [5, 5.41) is 0. The first-order valence-electron chi connectivity index (χ1n) is 8.23. The van der Waals surface area contributed by atoms with Crippen molar-refractivity contribution in [3.63, 3.8) is 0 Å². The molecule has 0 unspecified atom stereocenters. The van der Waals surface area contributed by atoms with Crippen LogP contribution in [0.2, 0.25) is 0 Å². The molecule has 7 nitrogen and oxygen atoms in total. The molecule has 0 radical (unpaired) electrons. The lowest BCUT2D eigenvalue weighted by molar-refractivity contribution is -0.142. The maximum atomic E-state index is 12.4. The minimum absolute atomic E-state index is 0.109. The summed E-state index contributed by atoms with van der Waals surface area (Å²) in [6, 6.07) is 11.7. The van der Waals surface area contributed by atoms with E-state index >= 15 is 0 Å². The Kier molecular flexibility index (Phi) is 4.12. The summed E-state index contributed by atoms with van der Waals surface area (Å²) in [5.41, 5.74) is 1.97. The highest BCUT2D eigenvalue weighted by Crippen LogP contribution is 2.33. The molecular weight excluding hydrogens is 350 g/mol. The molecule has 0 fully saturated rings. The number of fused-ring (bicyclic) bond motifs is 2. The average Bonchev–Trinajstić information content (AvgIpc) is 3.25. The number of benzene rings is 2. The van der Waals surface area contributed by atoms with Gasteiger partial charge in [-0.15, -0.1) is 0 Å². The number of ether oxygens (including phenoxy) is 3. The zero-order valence-electron chi connectivity index (χ0n) is 14.3. The minimum atomic E-state index is -0.689. The fraction of sp³-hybridized carbons (Fsp3) is 0.150. The van der Waals surface area contributed by atoms with Crippen LogP contribution >= 0.6 is 0 Å². The number of carbonyl (C=O) groups excluding carboxylic acids is 3. The van der Waals surface area contributed by atoms with Crippen molar-refractivity contribution in [3.05, 3.63) is 65.7 Å². The van der Waals surface area contributed by atoms with Crippen molar-refractivity contribution in [2.75, 3.05) is 19.9 Å². The second-order valence-corrected chi connectivity index (χ2v) is 6.04. The van der Waals surface area contributed by atoms with Gasteiger partial charge in [-0.25, -0.2) is 0 Å². The fourth-order valence-corrected chi connectivity index (χ4v) is 2.98. The number of carbonyl (C=O) groups is 3. The lowest BCUT2D eigenvalue weighted by atomic mass is 10.1. The van der Waals surface area contributed by atoms with E-state index in [9.17, 15) is 14.4 Å². The molecule has 1 amide bonds. The Labute approximate surface area is 154 Å². The second kappa shape index (κ2) is 6.60. The molecule has 2 aliphatic rings. The molecule has 136 valence electrons. The standard InChI is InChI=1S/C20H15NO6/c1-12-14-4-2-3-5-15(14)20(24)21(12)9-19(23)25-10-16(22)13-6-7-17-18(8-13)27-11-26-17/h2-8H,1,9-11H2. The molecule has 0 N–H and O–H groups in total. The highest BCUT2D eigenvalue weighted by atomic mass is 16.7. The zero-order chi connectivity index (χ0) is 19.0.